The SMILES string of the molecule is C=C(CP(=O)(O)O)C(C#N)(CC)CC. The molecular formula is C9H16NO3P. The van der Waals surface area contributed by atoms with Gasteiger partial charge in [-0.25, -0.2) is 0 Å². The Morgan fingerprint density at radius 1 is 1.50 bits per heavy atom. The smallest absolute Gasteiger partial charge is 0.324 e. The van der Waals surface area contributed by atoms with E-state index in [0.717, 1.165) is 0 Å². The number of hydrogen-bond donors (Lipinski definition) is 2. The normalized spacial score (nSPS) is 12.2. The molecule has 4 nitrogen and oxygen atoms in total. The molecule has 0 bridgehead atoms. The highest BCUT2D eigenvalue weighted by Gasteiger charge is 2.32. The molecular weight excluding hydrogens is 201 g/mol. The van der Waals surface area contributed by atoms with Crippen LogP contribution in [-0.4, -0.2) is 15.9 Å². The summed E-state index contributed by atoms with van der Waals surface area (Å²) < 4.78 is 10.8. The van der Waals surface area contributed by atoms with Crippen LogP contribution in [0, 0.1) is 16.7 Å². The van der Waals surface area contributed by atoms with E-state index < -0.39 is 19.2 Å². The summed E-state index contributed by atoms with van der Waals surface area (Å²) in [6.07, 6.45) is 0.653. The first kappa shape index (κ1) is 13.4. The standard InChI is InChI=1S/C9H16NO3P/c1-4-9(5-2,7-10)8(3)6-14(11,12)13/h3-6H2,1-2H3,(H2,11,12,13). The van der Waals surface area contributed by atoms with Crippen molar-refractivity contribution in [2.75, 3.05) is 6.16 Å². The van der Waals surface area contributed by atoms with Crippen LogP contribution in [0.1, 0.15) is 26.7 Å². The van der Waals surface area contributed by atoms with Crippen LogP contribution in [0.4, 0.5) is 0 Å². The van der Waals surface area contributed by atoms with Crippen molar-refractivity contribution < 1.29 is 14.4 Å². The molecule has 0 spiro atoms. The third-order valence-electron chi connectivity index (χ3n) is 2.49. The zero-order valence-corrected chi connectivity index (χ0v) is 9.42. The summed E-state index contributed by atoms with van der Waals surface area (Å²) >= 11 is 0. The second kappa shape index (κ2) is 4.75. The summed E-state index contributed by atoms with van der Waals surface area (Å²) in [7, 11) is -4.11. The Balaban J connectivity index is 4.82. The molecule has 0 aromatic heterocycles. The van der Waals surface area contributed by atoms with Gasteiger partial charge in [0.1, 0.15) is 0 Å². The summed E-state index contributed by atoms with van der Waals surface area (Å²) in [5.41, 5.74) is -0.459. The third-order valence-corrected chi connectivity index (χ3v) is 3.29. The van der Waals surface area contributed by atoms with Crippen molar-refractivity contribution in [2.24, 2.45) is 5.41 Å². The topological polar surface area (TPSA) is 81.3 Å². The van der Waals surface area contributed by atoms with Crippen molar-refractivity contribution in [3.8, 4) is 6.07 Å². The maximum atomic E-state index is 10.8. The molecule has 0 saturated heterocycles. The van der Waals surface area contributed by atoms with E-state index in [1.807, 2.05) is 13.8 Å². The van der Waals surface area contributed by atoms with Gasteiger partial charge in [0.2, 0.25) is 0 Å². The fraction of sp³-hybridized carbons (Fsp3) is 0.667. The molecule has 14 heavy (non-hydrogen) atoms. The molecule has 0 rings (SSSR count). The summed E-state index contributed by atoms with van der Waals surface area (Å²) in [5.74, 6) is 0. The van der Waals surface area contributed by atoms with Gasteiger partial charge in [0.05, 0.1) is 17.6 Å². The van der Waals surface area contributed by atoms with Gasteiger partial charge in [-0.15, -0.1) is 0 Å². The van der Waals surface area contributed by atoms with E-state index in [4.69, 9.17) is 15.0 Å². The molecule has 0 aromatic carbocycles. The van der Waals surface area contributed by atoms with Crippen molar-refractivity contribution in [3.63, 3.8) is 0 Å². The van der Waals surface area contributed by atoms with E-state index in [2.05, 4.69) is 12.6 Å². The molecule has 0 fully saturated rings. The predicted molar refractivity (Wildman–Crippen MR) is 54.7 cm³/mol. The molecule has 0 radical (unpaired) electrons. The molecule has 5 heteroatoms. The van der Waals surface area contributed by atoms with Gasteiger partial charge in [0.25, 0.3) is 0 Å². The van der Waals surface area contributed by atoms with Gasteiger partial charge in [-0.05, 0) is 18.4 Å². The number of rotatable bonds is 5. The van der Waals surface area contributed by atoms with Gasteiger partial charge >= 0.3 is 7.60 Å². The van der Waals surface area contributed by atoms with Crippen LogP contribution >= 0.6 is 7.60 Å². The van der Waals surface area contributed by atoms with Gasteiger partial charge in [0, 0.05) is 0 Å². The fourth-order valence-corrected chi connectivity index (χ4v) is 2.19. The molecule has 0 unspecified atom stereocenters. The first-order valence-corrected chi connectivity index (χ1v) is 6.25. The summed E-state index contributed by atoms with van der Waals surface area (Å²) in [6, 6.07) is 2.09. The maximum absolute atomic E-state index is 10.8. The largest absolute Gasteiger partial charge is 0.329 e. The summed E-state index contributed by atoms with van der Waals surface area (Å²) in [4.78, 5) is 17.6. The van der Waals surface area contributed by atoms with Crippen molar-refractivity contribution in [1.29, 1.82) is 5.26 Å². The molecule has 0 heterocycles. The Labute approximate surface area is 84.4 Å². The van der Waals surface area contributed by atoms with E-state index >= 15 is 0 Å². The lowest BCUT2D eigenvalue weighted by atomic mass is 9.78. The van der Waals surface area contributed by atoms with E-state index in [1.54, 1.807) is 0 Å². The van der Waals surface area contributed by atoms with Crippen LogP contribution < -0.4 is 0 Å². The van der Waals surface area contributed by atoms with Crippen LogP contribution in [-0.2, 0) is 4.57 Å². The van der Waals surface area contributed by atoms with Crippen molar-refractivity contribution >= 4 is 7.60 Å². The van der Waals surface area contributed by atoms with Gasteiger partial charge in [-0.2, -0.15) is 5.26 Å². The van der Waals surface area contributed by atoms with Crippen LogP contribution in [0.5, 0.6) is 0 Å². The zero-order valence-electron chi connectivity index (χ0n) is 8.53. The highest BCUT2D eigenvalue weighted by atomic mass is 31.2. The number of allylic oxidation sites excluding steroid dienone is 1. The van der Waals surface area contributed by atoms with Crippen LogP contribution in [0.25, 0.3) is 0 Å². The van der Waals surface area contributed by atoms with Gasteiger partial charge in [-0.3, -0.25) is 4.57 Å². The highest BCUT2D eigenvalue weighted by Crippen LogP contribution is 2.43. The molecule has 2 N–H and O–H groups in total. The highest BCUT2D eigenvalue weighted by molar-refractivity contribution is 7.52. The predicted octanol–water partition coefficient (Wildman–Crippen LogP) is 2.05. The second-order valence-corrected chi connectivity index (χ2v) is 4.97. The fourth-order valence-electron chi connectivity index (χ4n) is 1.39. The Morgan fingerprint density at radius 2 is 1.93 bits per heavy atom. The van der Waals surface area contributed by atoms with Crippen LogP contribution in [0.15, 0.2) is 12.2 Å². The van der Waals surface area contributed by atoms with E-state index in [-0.39, 0.29) is 0 Å². The first-order valence-electron chi connectivity index (χ1n) is 4.45. The second-order valence-electron chi connectivity index (χ2n) is 3.33. The zero-order chi connectivity index (χ0) is 11.4. The molecule has 0 amide bonds. The number of nitriles is 1. The van der Waals surface area contributed by atoms with E-state index in [9.17, 15) is 4.57 Å². The first-order chi connectivity index (χ1) is 6.31. The minimum Gasteiger partial charge on any atom is -0.324 e. The van der Waals surface area contributed by atoms with Gasteiger partial charge in [0.15, 0.2) is 0 Å². The van der Waals surface area contributed by atoms with Crippen molar-refractivity contribution in [1.82, 2.24) is 0 Å². The Morgan fingerprint density at radius 3 is 2.14 bits per heavy atom. The van der Waals surface area contributed by atoms with Gasteiger partial charge < -0.3 is 9.79 Å². The quantitative estimate of drug-likeness (QED) is 0.545. The van der Waals surface area contributed by atoms with Gasteiger partial charge in [-0.1, -0.05) is 20.4 Å². The van der Waals surface area contributed by atoms with Crippen molar-refractivity contribution in [2.45, 2.75) is 26.7 Å². The van der Waals surface area contributed by atoms with E-state index in [1.165, 1.54) is 0 Å². The molecule has 80 valence electrons. The van der Waals surface area contributed by atoms with Crippen molar-refractivity contribution in [3.05, 3.63) is 12.2 Å². The maximum Gasteiger partial charge on any atom is 0.329 e. The lowest BCUT2D eigenvalue weighted by molar-refractivity contribution is 0.367. The number of hydrogen-bond acceptors (Lipinski definition) is 2. The molecule has 0 aromatic rings. The Bertz CT molecular complexity index is 296. The minimum atomic E-state index is -4.11. The number of nitrogens with zero attached hydrogens (tertiary/aromatic N) is 1. The van der Waals surface area contributed by atoms with Crippen LogP contribution in [0.3, 0.4) is 0 Å². The minimum absolute atomic E-state index is 0.332. The Kier molecular flexibility index (Phi) is 4.54. The Hall–Kier alpha value is -0.620. The summed E-state index contributed by atoms with van der Waals surface area (Å²) in [5, 5.41) is 8.98. The molecule has 0 atom stereocenters. The summed E-state index contributed by atoms with van der Waals surface area (Å²) in [6.45, 7) is 7.24. The monoisotopic (exact) mass is 217 g/mol. The lowest BCUT2D eigenvalue weighted by Crippen LogP contribution is -2.21. The van der Waals surface area contributed by atoms with E-state index in [0.29, 0.717) is 18.4 Å². The van der Waals surface area contributed by atoms with Crippen LogP contribution in [0.2, 0.25) is 0 Å². The average Bonchev–Trinajstić information content (AvgIpc) is 2.05. The molecule has 0 aliphatic heterocycles. The lowest BCUT2D eigenvalue weighted by Gasteiger charge is -2.26. The average molecular weight is 217 g/mol. The molecule has 0 aliphatic carbocycles. The third kappa shape index (κ3) is 3.26. The molecule has 0 saturated carbocycles. The molecule has 0 aliphatic rings.